The molecule has 0 spiro atoms. The van der Waals surface area contributed by atoms with Crippen molar-refractivity contribution in [1.82, 2.24) is 0 Å². The summed E-state index contributed by atoms with van der Waals surface area (Å²) < 4.78 is 21.4. The maximum atomic E-state index is 12.5. The molecule has 2 aromatic rings. The van der Waals surface area contributed by atoms with Crippen LogP contribution in [-0.4, -0.2) is 45.2 Å². The lowest BCUT2D eigenvalue weighted by molar-refractivity contribution is -0.119. The molecule has 0 aliphatic carbocycles. The van der Waals surface area contributed by atoms with E-state index < -0.39 is 18.5 Å². The number of carbonyl (C=O) groups is 3. The lowest BCUT2D eigenvalue weighted by atomic mass is 10.1. The number of hydrogen-bond donors (Lipinski definition) is 2. The van der Waals surface area contributed by atoms with Gasteiger partial charge in [-0.15, -0.1) is 0 Å². The highest BCUT2D eigenvalue weighted by Crippen LogP contribution is 2.37. The first kappa shape index (κ1) is 26.8. The molecule has 0 saturated carbocycles. The second kappa shape index (κ2) is 12.7. The number of anilines is 2. The van der Waals surface area contributed by atoms with Gasteiger partial charge in [-0.25, -0.2) is 4.79 Å². The highest BCUT2D eigenvalue weighted by atomic mass is 35.5. The molecule has 0 unspecified atom stereocenters. The maximum Gasteiger partial charge on any atom is 0.338 e. The van der Waals surface area contributed by atoms with Crippen molar-refractivity contribution in [2.24, 2.45) is 5.92 Å². The molecule has 0 heterocycles. The zero-order valence-corrected chi connectivity index (χ0v) is 20.6. The molecule has 0 aliphatic heterocycles. The molecule has 184 valence electrons. The topological polar surface area (TPSA) is 112 Å². The summed E-state index contributed by atoms with van der Waals surface area (Å²) in [5.74, 6) is -0.169. The van der Waals surface area contributed by atoms with E-state index in [-0.39, 0.29) is 22.2 Å². The SMILES string of the molecule is COc1ccc(NC(C)=O)cc1NC(=O)COC(=O)c1cc(Cl)c(OCCC(C)C)c(OC)c1. The number of amides is 2. The molecule has 9 nitrogen and oxygen atoms in total. The summed E-state index contributed by atoms with van der Waals surface area (Å²) in [4.78, 5) is 36.1. The third-order valence-corrected chi connectivity index (χ3v) is 4.82. The molecular weight excluding hydrogens is 464 g/mol. The summed E-state index contributed by atoms with van der Waals surface area (Å²) in [6.45, 7) is 5.41. The first-order chi connectivity index (χ1) is 16.1. The maximum absolute atomic E-state index is 12.5. The van der Waals surface area contributed by atoms with Gasteiger partial charge in [0.05, 0.1) is 37.1 Å². The van der Waals surface area contributed by atoms with Gasteiger partial charge in [0.15, 0.2) is 18.1 Å². The Morgan fingerprint density at radius 2 is 1.71 bits per heavy atom. The monoisotopic (exact) mass is 492 g/mol. The molecular formula is C24H29ClN2O7. The quantitative estimate of drug-likeness (QED) is 0.443. The largest absolute Gasteiger partial charge is 0.495 e. The predicted octanol–water partition coefficient (Wildman–Crippen LogP) is 4.54. The van der Waals surface area contributed by atoms with Gasteiger partial charge in [0.25, 0.3) is 5.91 Å². The Morgan fingerprint density at radius 1 is 1.00 bits per heavy atom. The zero-order valence-electron chi connectivity index (χ0n) is 19.8. The van der Waals surface area contributed by atoms with Crippen molar-refractivity contribution >= 4 is 40.8 Å². The van der Waals surface area contributed by atoms with Crippen LogP contribution in [0.3, 0.4) is 0 Å². The minimum Gasteiger partial charge on any atom is -0.495 e. The first-order valence-electron chi connectivity index (χ1n) is 10.6. The number of ether oxygens (including phenoxy) is 4. The van der Waals surface area contributed by atoms with Gasteiger partial charge in [-0.1, -0.05) is 25.4 Å². The van der Waals surface area contributed by atoms with Gasteiger partial charge in [0, 0.05) is 12.6 Å². The Balaban J connectivity index is 2.04. The van der Waals surface area contributed by atoms with Crippen LogP contribution in [0.25, 0.3) is 0 Å². The second-order valence-corrected chi connectivity index (χ2v) is 8.15. The van der Waals surface area contributed by atoms with Crippen molar-refractivity contribution in [2.45, 2.75) is 27.2 Å². The van der Waals surface area contributed by atoms with Crippen LogP contribution in [0.4, 0.5) is 11.4 Å². The summed E-state index contributed by atoms with van der Waals surface area (Å²) in [5.41, 5.74) is 0.886. The molecule has 2 amide bonds. The highest BCUT2D eigenvalue weighted by molar-refractivity contribution is 6.32. The number of carbonyl (C=O) groups excluding carboxylic acids is 3. The molecule has 2 N–H and O–H groups in total. The van der Waals surface area contributed by atoms with Crippen LogP contribution in [-0.2, 0) is 14.3 Å². The van der Waals surface area contributed by atoms with Gasteiger partial charge in [-0.05, 0) is 42.7 Å². The Kier molecular flexibility index (Phi) is 10.0. The predicted molar refractivity (Wildman–Crippen MR) is 129 cm³/mol. The summed E-state index contributed by atoms with van der Waals surface area (Å²) in [6.07, 6.45) is 0.830. The van der Waals surface area contributed by atoms with Gasteiger partial charge in [0.1, 0.15) is 5.75 Å². The lowest BCUT2D eigenvalue weighted by Gasteiger charge is -2.15. The second-order valence-electron chi connectivity index (χ2n) is 7.74. The van der Waals surface area contributed by atoms with E-state index in [1.807, 2.05) is 0 Å². The van der Waals surface area contributed by atoms with E-state index in [1.165, 1.54) is 39.3 Å². The first-order valence-corrected chi connectivity index (χ1v) is 10.9. The van der Waals surface area contributed by atoms with Crippen LogP contribution in [0.5, 0.6) is 17.2 Å². The van der Waals surface area contributed by atoms with Gasteiger partial charge >= 0.3 is 5.97 Å². The molecule has 0 bridgehead atoms. The summed E-state index contributed by atoms with van der Waals surface area (Å²) in [6, 6.07) is 7.59. The van der Waals surface area contributed by atoms with E-state index >= 15 is 0 Å². The van der Waals surface area contributed by atoms with E-state index in [1.54, 1.807) is 12.1 Å². The Labute approximate surface area is 203 Å². The average molecular weight is 493 g/mol. The van der Waals surface area contributed by atoms with Crippen LogP contribution >= 0.6 is 11.6 Å². The molecule has 0 atom stereocenters. The fourth-order valence-corrected chi connectivity index (χ4v) is 3.13. The molecule has 0 aliphatic rings. The van der Waals surface area contributed by atoms with Crippen molar-refractivity contribution in [3.8, 4) is 17.2 Å². The van der Waals surface area contributed by atoms with Crippen LogP contribution < -0.4 is 24.8 Å². The van der Waals surface area contributed by atoms with Crippen molar-refractivity contribution in [3.05, 3.63) is 40.9 Å². The normalized spacial score (nSPS) is 10.4. The van der Waals surface area contributed by atoms with Gasteiger partial charge in [-0.3, -0.25) is 9.59 Å². The standard InChI is InChI=1S/C24H29ClN2O7/c1-14(2)8-9-33-23-18(25)10-16(11-21(23)32-5)24(30)34-13-22(29)27-19-12-17(26-15(3)28)6-7-20(19)31-4/h6-7,10-12,14H,8-9,13H2,1-5H3,(H,26,28)(H,27,29). The minimum atomic E-state index is -0.761. The molecule has 0 fully saturated rings. The van der Waals surface area contributed by atoms with E-state index in [9.17, 15) is 14.4 Å². The average Bonchev–Trinajstić information content (AvgIpc) is 2.77. The van der Waals surface area contributed by atoms with Crippen molar-refractivity contribution < 1.29 is 33.3 Å². The summed E-state index contributed by atoms with van der Waals surface area (Å²) in [5, 5.41) is 5.40. The van der Waals surface area contributed by atoms with Crippen LogP contribution in [0.1, 0.15) is 37.6 Å². The molecule has 0 aromatic heterocycles. The molecule has 10 heteroatoms. The smallest absolute Gasteiger partial charge is 0.338 e. The number of hydrogen-bond acceptors (Lipinski definition) is 7. The molecule has 0 radical (unpaired) electrons. The zero-order chi connectivity index (χ0) is 25.3. The fraction of sp³-hybridized carbons (Fsp3) is 0.375. The number of nitrogens with one attached hydrogen (secondary N) is 2. The van der Waals surface area contributed by atoms with Gasteiger partial charge in [0.2, 0.25) is 5.91 Å². The van der Waals surface area contributed by atoms with Gasteiger partial charge in [-0.2, -0.15) is 0 Å². The summed E-state index contributed by atoms with van der Waals surface area (Å²) in [7, 11) is 2.88. The van der Waals surface area contributed by atoms with E-state index in [0.717, 1.165) is 6.42 Å². The third-order valence-electron chi connectivity index (χ3n) is 4.54. The van der Waals surface area contributed by atoms with E-state index in [0.29, 0.717) is 35.4 Å². The highest BCUT2D eigenvalue weighted by Gasteiger charge is 2.18. The third kappa shape index (κ3) is 7.84. The molecule has 0 saturated heterocycles. The van der Waals surface area contributed by atoms with E-state index in [2.05, 4.69) is 24.5 Å². The Hall–Kier alpha value is -3.46. The number of benzene rings is 2. The number of esters is 1. The molecule has 2 aromatic carbocycles. The Bertz CT molecular complexity index is 1040. The van der Waals surface area contributed by atoms with Crippen LogP contribution in [0, 0.1) is 5.92 Å². The number of halogens is 1. The number of rotatable bonds is 11. The van der Waals surface area contributed by atoms with Crippen molar-refractivity contribution in [1.29, 1.82) is 0 Å². The van der Waals surface area contributed by atoms with Crippen LogP contribution in [0.15, 0.2) is 30.3 Å². The lowest BCUT2D eigenvalue weighted by Crippen LogP contribution is -2.21. The van der Waals surface area contributed by atoms with Crippen LogP contribution in [0.2, 0.25) is 5.02 Å². The minimum absolute atomic E-state index is 0.107. The number of methoxy groups -OCH3 is 2. The fourth-order valence-electron chi connectivity index (χ4n) is 2.86. The molecule has 34 heavy (non-hydrogen) atoms. The Morgan fingerprint density at radius 3 is 2.32 bits per heavy atom. The molecule has 2 rings (SSSR count). The van der Waals surface area contributed by atoms with Crippen molar-refractivity contribution in [3.63, 3.8) is 0 Å². The summed E-state index contributed by atoms with van der Waals surface area (Å²) >= 11 is 6.29. The van der Waals surface area contributed by atoms with Gasteiger partial charge < -0.3 is 29.6 Å². The van der Waals surface area contributed by atoms with Crippen molar-refractivity contribution in [2.75, 3.05) is 38.1 Å². The van der Waals surface area contributed by atoms with E-state index in [4.69, 9.17) is 30.5 Å².